The molecule has 0 unspecified atom stereocenters. The molecule has 0 aliphatic carbocycles. The van der Waals surface area contributed by atoms with Gasteiger partial charge in [0.05, 0.1) is 12.7 Å². The van der Waals surface area contributed by atoms with Crippen LogP contribution in [0.1, 0.15) is 12.0 Å². The standard InChI is InChI=1S/C17H18FNO.C4H4O4/c18-15-7-5-13(6-8-15)17-4-2-1-3-14(17)12-20-16-9-10-19-11-16;5-3(6)1-2-4(7)8/h1-8,16,19H,9-12H2;1-2H,(H,5,6)(H,7,8)/t16-;/m0./s1. The van der Waals surface area contributed by atoms with E-state index < -0.39 is 11.9 Å². The van der Waals surface area contributed by atoms with Gasteiger partial charge in [-0.2, -0.15) is 0 Å². The first-order valence-electron chi connectivity index (χ1n) is 8.76. The van der Waals surface area contributed by atoms with E-state index in [2.05, 4.69) is 17.4 Å². The molecule has 3 N–H and O–H groups in total. The second-order valence-electron chi connectivity index (χ2n) is 6.10. The average Bonchev–Trinajstić information content (AvgIpc) is 3.20. The molecule has 1 aliphatic heterocycles. The van der Waals surface area contributed by atoms with Gasteiger partial charge in [0.15, 0.2) is 0 Å². The van der Waals surface area contributed by atoms with Gasteiger partial charge < -0.3 is 20.3 Å². The van der Waals surface area contributed by atoms with Crippen LogP contribution in [0.4, 0.5) is 4.39 Å². The number of hydrogen-bond acceptors (Lipinski definition) is 4. The smallest absolute Gasteiger partial charge is 0.328 e. The fraction of sp³-hybridized carbons (Fsp3) is 0.238. The Morgan fingerprint density at radius 2 is 1.71 bits per heavy atom. The number of benzene rings is 2. The second-order valence-corrected chi connectivity index (χ2v) is 6.10. The highest BCUT2D eigenvalue weighted by atomic mass is 19.1. The predicted molar refractivity (Wildman–Crippen MR) is 102 cm³/mol. The lowest BCUT2D eigenvalue weighted by atomic mass is 10.0. The molecule has 3 rings (SSSR count). The number of carboxylic acids is 2. The van der Waals surface area contributed by atoms with Crippen molar-refractivity contribution in [1.82, 2.24) is 5.32 Å². The van der Waals surface area contributed by atoms with Crippen molar-refractivity contribution < 1.29 is 28.9 Å². The molecule has 1 saturated heterocycles. The van der Waals surface area contributed by atoms with Crippen molar-refractivity contribution in [3.05, 3.63) is 72.1 Å². The maximum absolute atomic E-state index is 13.0. The molecule has 7 heteroatoms. The van der Waals surface area contributed by atoms with E-state index in [0.717, 1.165) is 36.2 Å². The number of ether oxygens (including phenoxy) is 1. The van der Waals surface area contributed by atoms with Crippen LogP contribution in [-0.4, -0.2) is 41.3 Å². The zero-order chi connectivity index (χ0) is 20.4. The summed E-state index contributed by atoms with van der Waals surface area (Å²) in [7, 11) is 0. The molecular weight excluding hydrogens is 365 g/mol. The summed E-state index contributed by atoms with van der Waals surface area (Å²) in [5.41, 5.74) is 3.28. The largest absolute Gasteiger partial charge is 0.478 e. The quantitative estimate of drug-likeness (QED) is 0.660. The van der Waals surface area contributed by atoms with Gasteiger partial charge in [0.25, 0.3) is 0 Å². The molecule has 2 aromatic rings. The van der Waals surface area contributed by atoms with Crippen LogP contribution < -0.4 is 5.32 Å². The summed E-state index contributed by atoms with van der Waals surface area (Å²) >= 11 is 0. The van der Waals surface area contributed by atoms with Crippen LogP contribution in [0.5, 0.6) is 0 Å². The summed E-state index contributed by atoms with van der Waals surface area (Å²) in [5, 5.41) is 18.9. The Morgan fingerprint density at radius 3 is 2.29 bits per heavy atom. The Hall–Kier alpha value is -3.03. The van der Waals surface area contributed by atoms with Crippen molar-refractivity contribution >= 4 is 11.9 Å². The Bertz CT molecular complexity index is 798. The third-order valence-electron chi connectivity index (χ3n) is 4.03. The fourth-order valence-corrected chi connectivity index (χ4v) is 2.68. The lowest BCUT2D eigenvalue weighted by molar-refractivity contribution is -0.134. The van der Waals surface area contributed by atoms with Gasteiger partial charge in [0, 0.05) is 18.7 Å². The maximum atomic E-state index is 13.0. The number of aliphatic carboxylic acids is 2. The number of hydrogen-bond donors (Lipinski definition) is 3. The Balaban J connectivity index is 0.000000300. The lowest BCUT2D eigenvalue weighted by Crippen LogP contribution is -2.16. The van der Waals surface area contributed by atoms with Crippen LogP contribution in [0.2, 0.25) is 0 Å². The molecule has 148 valence electrons. The summed E-state index contributed by atoms with van der Waals surface area (Å²) in [4.78, 5) is 19.1. The van der Waals surface area contributed by atoms with Crippen molar-refractivity contribution in [2.45, 2.75) is 19.1 Å². The first-order valence-corrected chi connectivity index (χ1v) is 8.76. The van der Waals surface area contributed by atoms with E-state index in [0.29, 0.717) is 24.9 Å². The normalized spacial score (nSPS) is 15.8. The molecule has 1 fully saturated rings. The summed E-state index contributed by atoms with van der Waals surface area (Å²) in [5.74, 6) is -2.72. The van der Waals surface area contributed by atoms with E-state index in [1.54, 1.807) is 0 Å². The topological polar surface area (TPSA) is 95.9 Å². The van der Waals surface area contributed by atoms with Crippen LogP contribution in [0.25, 0.3) is 11.1 Å². The van der Waals surface area contributed by atoms with E-state index in [1.807, 2.05) is 24.3 Å². The van der Waals surface area contributed by atoms with Gasteiger partial charge >= 0.3 is 11.9 Å². The first-order chi connectivity index (χ1) is 13.5. The molecule has 0 aromatic heterocycles. The van der Waals surface area contributed by atoms with Gasteiger partial charge in [-0.1, -0.05) is 36.4 Å². The second kappa shape index (κ2) is 11.0. The molecule has 0 radical (unpaired) electrons. The van der Waals surface area contributed by atoms with Crippen LogP contribution in [0.15, 0.2) is 60.7 Å². The highest BCUT2D eigenvalue weighted by molar-refractivity contribution is 5.89. The third kappa shape index (κ3) is 7.30. The molecule has 1 heterocycles. The van der Waals surface area contributed by atoms with Gasteiger partial charge in [-0.25, -0.2) is 14.0 Å². The molecule has 28 heavy (non-hydrogen) atoms. The number of carboxylic acid groups (broad SMARTS) is 2. The zero-order valence-electron chi connectivity index (χ0n) is 15.2. The van der Waals surface area contributed by atoms with E-state index in [9.17, 15) is 14.0 Å². The van der Waals surface area contributed by atoms with Crippen molar-refractivity contribution in [3.63, 3.8) is 0 Å². The Morgan fingerprint density at radius 1 is 1.07 bits per heavy atom. The Kier molecular flexibility index (Phi) is 8.33. The van der Waals surface area contributed by atoms with Gasteiger partial charge in [-0.3, -0.25) is 0 Å². The molecule has 2 aromatic carbocycles. The molecular formula is C21H22FNO5. The van der Waals surface area contributed by atoms with Gasteiger partial charge in [-0.05, 0) is 41.8 Å². The van der Waals surface area contributed by atoms with Crippen molar-refractivity contribution in [2.24, 2.45) is 0 Å². The summed E-state index contributed by atoms with van der Waals surface area (Å²) < 4.78 is 19.0. The fourth-order valence-electron chi connectivity index (χ4n) is 2.68. The highest BCUT2D eigenvalue weighted by Crippen LogP contribution is 2.25. The van der Waals surface area contributed by atoms with Gasteiger partial charge in [0.1, 0.15) is 5.82 Å². The van der Waals surface area contributed by atoms with Crippen LogP contribution in [-0.2, 0) is 20.9 Å². The van der Waals surface area contributed by atoms with Gasteiger partial charge in [-0.15, -0.1) is 0 Å². The molecule has 0 bridgehead atoms. The third-order valence-corrected chi connectivity index (χ3v) is 4.03. The van der Waals surface area contributed by atoms with Crippen LogP contribution in [0.3, 0.4) is 0 Å². The predicted octanol–water partition coefficient (Wildman–Crippen LogP) is 3.08. The zero-order valence-corrected chi connectivity index (χ0v) is 15.2. The van der Waals surface area contributed by atoms with Crippen molar-refractivity contribution in [2.75, 3.05) is 13.1 Å². The SMILES string of the molecule is Fc1ccc(-c2ccccc2CO[C@H]2CCNC2)cc1.O=C(O)C=CC(=O)O. The molecule has 1 atom stereocenters. The number of rotatable bonds is 6. The highest BCUT2D eigenvalue weighted by Gasteiger charge is 2.15. The van der Waals surface area contributed by atoms with E-state index in [1.165, 1.54) is 12.1 Å². The number of nitrogens with one attached hydrogen (secondary N) is 1. The number of halogens is 1. The van der Waals surface area contributed by atoms with Crippen LogP contribution in [0, 0.1) is 5.82 Å². The summed E-state index contributed by atoms with van der Waals surface area (Å²) in [6, 6.07) is 14.7. The summed E-state index contributed by atoms with van der Waals surface area (Å²) in [6.07, 6.45) is 2.49. The number of carbonyl (C=O) groups is 2. The average molecular weight is 387 g/mol. The van der Waals surface area contributed by atoms with Crippen molar-refractivity contribution in [1.29, 1.82) is 0 Å². The minimum atomic E-state index is -1.26. The molecule has 0 amide bonds. The van der Waals surface area contributed by atoms with Crippen molar-refractivity contribution in [3.8, 4) is 11.1 Å². The molecule has 1 aliphatic rings. The van der Waals surface area contributed by atoms with Gasteiger partial charge in [0.2, 0.25) is 0 Å². The maximum Gasteiger partial charge on any atom is 0.328 e. The van der Waals surface area contributed by atoms with Crippen LogP contribution >= 0.6 is 0 Å². The van der Waals surface area contributed by atoms with E-state index >= 15 is 0 Å². The Labute approximate surface area is 162 Å². The molecule has 0 spiro atoms. The molecule has 0 saturated carbocycles. The lowest BCUT2D eigenvalue weighted by Gasteiger charge is -2.14. The monoisotopic (exact) mass is 387 g/mol. The summed E-state index contributed by atoms with van der Waals surface area (Å²) in [6.45, 7) is 2.56. The minimum Gasteiger partial charge on any atom is -0.478 e. The van der Waals surface area contributed by atoms with E-state index in [-0.39, 0.29) is 5.82 Å². The first kappa shape index (κ1) is 21.3. The molecule has 6 nitrogen and oxygen atoms in total. The van der Waals surface area contributed by atoms with E-state index in [4.69, 9.17) is 14.9 Å². The minimum absolute atomic E-state index is 0.209.